The zero-order valence-corrected chi connectivity index (χ0v) is 6.66. The smallest absolute Gasteiger partial charge is 0.143 e. The molecule has 0 heterocycles. The van der Waals surface area contributed by atoms with E-state index in [9.17, 15) is 4.79 Å². The van der Waals surface area contributed by atoms with Crippen LogP contribution in [0.5, 0.6) is 0 Å². The molecule has 0 amide bonds. The quantitative estimate of drug-likeness (QED) is 0.333. The van der Waals surface area contributed by atoms with Crippen LogP contribution in [0.4, 0.5) is 0 Å². The lowest BCUT2D eigenvalue weighted by Gasteiger charge is -2.02. The van der Waals surface area contributed by atoms with Gasteiger partial charge in [-0.05, 0) is 30.8 Å². The van der Waals surface area contributed by atoms with Gasteiger partial charge in [-0.2, -0.15) is 0 Å². The molecule has 0 aromatic heterocycles. The fourth-order valence-corrected chi connectivity index (χ4v) is 0.430. The molecule has 0 fully saturated rings. The first kappa shape index (κ1) is 8.95. The van der Waals surface area contributed by atoms with Gasteiger partial charge in [0.05, 0.1) is 0 Å². The van der Waals surface area contributed by atoms with E-state index in [1.54, 1.807) is 0 Å². The molecule has 0 atom stereocenters. The monoisotopic (exact) mass is 139 g/mol. The van der Waals surface area contributed by atoms with Crippen molar-refractivity contribution >= 4 is 6.29 Å². The molecule has 0 N–H and O–H groups in total. The lowest BCUT2D eigenvalue weighted by Crippen LogP contribution is -1.99. The Kier molecular flexibility index (Phi) is 4.29. The Labute approximate surface area is 61.8 Å². The van der Waals surface area contributed by atoms with Crippen molar-refractivity contribution in [2.24, 2.45) is 0 Å². The average molecular weight is 139 g/mol. The van der Waals surface area contributed by atoms with E-state index in [2.05, 4.69) is 0 Å². The van der Waals surface area contributed by atoms with E-state index in [-0.39, 0.29) is 0 Å². The number of carbonyl (C=O) groups excluding carboxylic acids is 1. The second kappa shape index (κ2) is 4.79. The molecular formula is C8H13NO. The van der Waals surface area contributed by atoms with Crippen LogP contribution in [0.25, 0.3) is 0 Å². The summed E-state index contributed by atoms with van der Waals surface area (Å²) in [4.78, 5) is 11.9. The second-order valence-electron chi connectivity index (χ2n) is 2.33. The van der Waals surface area contributed by atoms with Gasteiger partial charge in [-0.15, -0.1) is 0 Å². The van der Waals surface area contributed by atoms with Gasteiger partial charge in [-0.25, -0.2) is 0 Å². The third-order valence-corrected chi connectivity index (χ3v) is 0.967. The highest BCUT2D eigenvalue weighted by atomic mass is 16.1. The van der Waals surface area contributed by atoms with Crippen LogP contribution in [0.2, 0.25) is 0 Å². The molecule has 2 heteroatoms. The van der Waals surface area contributed by atoms with Crippen molar-refractivity contribution in [1.29, 1.82) is 0 Å². The summed E-state index contributed by atoms with van der Waals surface area (Å²) < 4.78 is 0. The van der Waals surface area contributed by atoms with Gasteiger partial charge in [0.1, 0.15) is 6.29 Å². The first-order valence-electron chi connectivity index (χ1n) is 3.13. The Hall–Kier alpha value is -1.05. The van der Waals surface area contributed by atoms with Crippen molar-refractivity contribution < 1.29 is 4.79 Å². The highest BCUT2D eigenvalue weighted by molar-refractivity contribution is 5.66. The van der Waals surface area contributed by atoms with Gasteiger partial charge >= 0.3 is 0 Å². The standard InChI is InChI=1S/C8H13NO/c1-8(5-7-10)4-6-9(2)3/h4-7H,1-3H3/b6-4-,8-5-. The van der Waals surface area contributed by atoms with Crippen LogP contribution >= 0.6 is 0 Å². The minimum absolute atomic E-state index is 0.787. The maximum atomic E-state index is 9.94. The molecule has 2 nitrogen and oxygen atoms in total. The number of rotatable bonds is 3. The van der Waals surface area contributed by atoms with Crippen LogP contribution in [0.1, 0.15) is 6.92 Å². The van der Waals surface area contributed by atoms with Crippen LogP contribution in [0.15, 0.2) is 23.9 Å². The van der Waals surface area contributed by atoms with Gasteiger partial charge in [-0.3, -0.25) is 4.79 Å². The third kappa shape index (κ3) is 5.09. The molecule has 0 spiro atoms. The summed E-state index contributed by atoms with van der Waals surface area (Å²) in [6.07, 6.45) is 6.10. The maximum Gasteiger partial charge on any atom is 0.143 e. The highest BCUT2D eigenvalue weighted by Gasteiger charge is 1.79. The molecule has 10 heavy (non-hydrogen) atoms. The number of carbonyl (C=O) groups is 1. The summed E-state index contributed by atoms with van der Waals surface area (Å²) in [6.45, 7) is 1.88. The lowest BCUT2D eigenvalue weighted by molar-refractivity contribution is -0.104. The van der Waals surface area contributed by atoms with Gasteiger partial charge in [0, 0.05) is 14.1 Å². The summed E-state index contributed by atoms with van der Waals surface area (Å²) in [5.41, 5.74) is 0.962. The van der Waals surface area contributed by atoms with Crippen LogP contribution in [-0.4, -0.2) is 25.3 Å². The predicted octanol–water partition coefficient (Wildman–Crippen LogP) is 1.21. The van der Waals surface area contributed by atoms with E-state index in [0.29, 0.717) is 0 Å². The molecule has 0 saturated heterocycles. The fraction of sp³-hybridized carbons (Fsp3) is 0.375. The van der Waals surface area contributed by atoms with Crippen LogP contribution in [0, 0.1) is 0 Å². The minimum atomic E-state index is 0.787. The molecule has 0 aliphatic heterocycles. The Bertz CT molecular complexity index is 157. The summed E-state index contributed by atoms with van der Waals surface area (Å²) in [5.74, 6) is 0. The number of aldehydes is 1. The molecule has 0 unspecified atom stereocenters. The Balaban J connectivity index is 3.88. The van der Waals surface area contributed by atoms with Crippen molar-refractivity contribution in [2.75, 3.05) is 14.1 Å². The average Bonchev–Trinajstić information content (AvgIpc) is 1.85. The lowest BCUT2D eigenvalue weighted by atomic mass is 10.3. The van der Waals surface area contributed by atoms with E-state index in [1.807, 2.05) is 38.2 Å². The van der Waals surface area contributed by atoms with Gasteiger partial charge in [0.25, 0.3) is 0 Å². The van der Waals surface area contributed by atoms with Crippen LogP contribution < -0.4 is 0 Å². The fourth-order valence-electron chi connectivity index (χ4n) is 0.430. The number of hydrogen-bond acceptors (Lipinski definition) is 2. The molecule has 0 aromatic rings. The Morgan fingerprint density at radius 2 is 2.00 bits per heavy atom. The van der Waals surface area contributed by atoms with Gasteiger partial charge in [-0.1, -0.05) is 0 Å². The number of nitrogens with zero attached hydrogens (tertiary/aromatic N) is 1. The van der Waals surface area contributed by atoms with Crippen LogP contribution in [-0.2, 0) is 4.79 Å². The molecule has 0 aliphatic carbocycles. The molecule has 0 bridgehead atoms. The van der Waals surface area contributed by atoms with Crippen molar-refractivity contribution in [3.63, 3.8) is 0 Å². The molecule has 56 valence electrons. The second-order valence-corrected chi connectivity index (χ2v) is 2.33. The number of hydrogen-bond donors (Lipinski definition) is 0. The predicted molar refractivity (Wildman–Crippen MR) is 42.6 cm³/mol. The van der Waals surface area contributed by atoms with Gasteiger partial charge < -0.3 is 4.90 Å². The Morgan fingerprint density at radius 1 is 1.40 bits per heavy atom. The van der Waals surface area contributed by atoms with Crippen molar-refractivity contribution in [2.45, 2.75) is 6.92 Å². The van der Waals surface area contributed by atoms with Gasteiger partial charge in [0.2, 0.25) is 0 Å². The summed E-state index contributed by atoms with van der Waals surface area (Å²) in [5, 5.41) is 0. The van der Waals surface area contributed by atoms with E-state index in [1.165, 1.54) is 6.08 Å². The largest absolute Gasteiger partial charge is 0.383 e. The third-order valence-electron chi connectivity index (χ3n) is 0.967. The first-order chi connectivity index (χ1) is 4.66. The zero-order valence-electron chi connectivity index (χ0n) is 6.66. The SMILES string of the molecule is CC(/C=C\N(C)C)=C/C=O. The summed E-state index contributed by atoms with van der Waals surface area (Å²) in [6, 6.07) is 0. The summed E-state index contributed by atoms with van der Waals surface area (Å²) >= 11 is 0. The van der Waals surface area contributed by atoms with Crippen molar-refractivity contribution in [3.8, 4) is 0 Å². The maximum absolute atomic E-state index is 9.94. The molecule has 0 radical (unpaired) electrons. The van der Waals surface area contributed by atoms with Crippen LogP contribution in [0.3, 0.4) is 0 Å². The van der Waals surface area contributed by atoms with E-state index in [0.717, 1.165) is 11.9 Å². The van der Waals surface area contributed by atoms with Gasteiger partial charge in [0.15, 0.2) is 0 Å². The summed E-state index contributed by atoms with van der Waals surface area (Å²) in [7, 11) is 3.87. The molecule has 0 rings (SSSR count). The molecule has 0 aromatic carbocycles. The first-order valence-corrected chi connectivity index (χ1v) is 3.13. The normalized spacial score (nSPS) is 12.1. The minimum Gasteiger partial charge on any atom is -0.383 e. The Morgan fingerprint density at radius 3 is 2.40 bits per heavy atom. The van der Waals surface area contributed by atoms with Crippen molar-refractivity contribution in [1.82, 2.24) is 4.90 Å². The van der Waals surface area contributed by atoms with E-state index < -0.39 is 0 Å². The topological polar surface area (TPSA) is 20.3 Å². The number of allylic oxidation sites excluding steroid dienone is 3. The van der Waals surface area contributed by atoms with Crippen molar-refractivity contribution in [3.05, 3.63) is 23.9 Å². The zero-order chi connectivity index (χ0) is 7.98. The molecule has 0 aliphatic rings. The van der Waals surface area contributed by atoms with E-state index in [4.69, 9.17) is 0 Å². The van der Waals surface area contributed by atoms with E-state index >= 15 is 0 Å². The molecular weight excluding hydrogens is 126 g/mol. The molecule has 0 saturated carbocycles. The highest BCUT2D eigenvalue weighted by Crippen LogP contribution is 1.92.